The highest BCUT2D eigenvalue weighted by Gasteiger charge is 2.24. The minimum atomic E-state index is -4.01. The molecule has 0 spiro atoms. The van der Waals surface area contributed by atoms with E-state index in [-0.39, 0.29) is 23.9 Å². The van der Waals surface area contributed by atoms with Crippen molar-refractivity contribution < 1.29 is 32.7 Å². The van der Waals surface area contributed by atoms with E-state index in [0.717, 1.165) is 0 Å². The first kappa shape index (κ1) is 25.8. The van der Waals surface area contributed by atoms with E-state index in [2.05, 4.69) is 20.3 Å². The summed E-state index contributed by atoms with van der Waals surface area (Å²) in [6, 6.07) is 16.7. The van der Waals surface area contributed by atoms with Gasteiger partial charge in [0.05, 0.1) is 19.0 Å². The summed E-state index contributed by atoms with van der Waals surface area (Å²) in [5, 5.41) is 2.80. The van der Waals surface area contributed by atoms with Crippen LogP contribution in [0.4, 0.5) is 5.82 Å². The molecule has 12 nitrogen and oxygen atoms in total. The third-order valence-corrected chi connectivity index (χ3v) is 6.83. The Labute approximate surface area is 207 Å². The molecule has 0 fully saturated rings. The van der Waals surface area contributed by atoms with E-state index < -0.39 is 33.9 Å². The number of para-hydroxylation sites is 2. The van der Waals surface area contributed by atoms with Crippen LogP contribution in [-0.2, 0) is 20.4 Å². The molecule has 190 valence electrons. The lowest BCUT2D eigenvalue weighted by atomic mass is 10.3. The molecule has 2 unspecified atom stereocenters. The first-order valence-corrected chi connectivity index (χ1v) is 14.4. The van der Waals surface area contributed by atoms with Crippen LogP contribution in [0, 0.1) is 0 Å². The van der Waals surface area contributed by atoms with Crippen molar-refractivity contribution in [1.82, 2.24) is 19.5 Å². The highest BCUT2D eigenvalue weighted by molar-refractivity contribution is 7.53. The van der Waals surface area contributed by atoms with Crippen LogP contribution in [0.15, 0.2) is 73.3 Å². The lowest BCUT2D eigenvalue weighted by molar-refractivity contribution is 0.0772. The van der Waals surface area contributed by atoms with Gasteiger partial charge < -0.3 is 33.5 Å². The maximum absolute atomic E-state index is 12.4. The lowest BCUT2D eigenvalue weighted by Crippen LogP contribution is -2.18. The summed E-state index contributed by atoms with van der Waals surface area (Å²) in [5.74, 6) is 0.811. The Hall–Kier alpha value is -3.27. The fraction of sp³-hybridized carbons (Fsp3) is 0.227. The molecule has 0 saturated heterocycles. The first-order chi connectivity index (χ1) is 17.2. The fourth-order valence-corrected chi connectivity index (χ4v) is 5.03. The zero-order valence-corrected chi connectivity index (χ0v) is 21.0. The Bertz CT molecular complexity index is 1390. The molecular weight excluding hydrogens is 508 g/mol. The van der Waals surface area contributed by atoms with Gasteiger partial charge in [0, 0.05) is 0 Å². The van der Waals surface area contributed by atoms with Gasteiger partial charge >= 0.3 is 15.2 Å². The van der Waals surface area contributed by atoms with Gasteiger partial charge in [0.1, 0.15) is 29.6 Å². The summed E-state index contributed by atoms with van der Waals surface area (Å²) in [6.07, 6.45) is 1.44. The number of hydrogen-bond acceptors (Lipinski definition) is 9. The summed E-state index contributed by atoms with van der Waals surface area (Å²) in [6.45, 7) is 2.01. The lowest BCUT2D eigenvalue weighted by Gasteiger charge is -2.18. The largest absolute Gasteiger partial charge is 0.423 e. The van der Waals surface area contributed by atoms with Crippen molar-refractivity contribution >= 4 is 32.2 Å². The molecule has 3 N–H and O–H groups in total. The Morgan fingerprint density at radius 1 is 0.917 bits per heavy atom. The van der Waals surface area contributed by atoms with E-state index >= 15 is 0 Å². The van der Waals surface area contributed by atoms with E-state index in [1.165, 1.54) is 12.7 Å². The highest BCUT2D eigenvalue weighted by Crippen LogP contribution is 2.43. The van der Waals surface area contributed by atoms with Crippen molar-refractivity contribution in [2.75, 3.05) is 18.0 Å². The van der Waals surface area contributed by atoms with Crippen LogP contribution < -0.4 is 14.4 Å². The van der Waals surface area contributed by atoms with Gasteiger partial charge in [-0.05, 0) is 31.2 Å². The molecule has 3 atom stereocenters. The second kappa shape index (κ2) is 11.2. The summed E-state index contributed by atoms with van der Waals surface area (Å²) in [4.78, 5) is 32.9. The molecule has 2 aromatic heterocycles. The molecule has 0 radical (unpaired) electrons. The Balaban J connectivity index is 1.36. The van der Waals surface area contributed by atoms with Gasteiger partial charge in [0.25, 0.3) is 0 Å². The number of nitrogens with one attached hydrogen (secondary N) is 1. The average Bonchev–Trinajstić information content (AvgIpc) is 3.25. The number of imidazole rings is 1. The third kappa shape index (κ3) is 7.13. The summed E-state index contributed by atoms with van der Waals surface area (Å²) < 4.78 is 42.3. The minimum Gasteiger partial charge on any atom is -0.423 e. The molecule has 0 saturated carbocycles. The van der Waals surface area contributed by atoms with Gasteiger partial charge in [-0.1, -0.05) is 36.4 Å². The monoisotopic (exact) mass is 533 g/mol. The van der Waals surface area contributed by atoms with Crippen molar-refractivity contribution in [3.05, 3.63) is 73.3 Å². The number of hydrogen-bond donors (Lipinski definition) is 3. The molecule has 0 aliphatic rings. The van der Waals surface area contributed by atoms with Crippen LogP contribution in [0.5, 0.6) is 11.5 Å². The van der Waals surface area contributed by atoms with Crippen LogP contribution in [0.25, 0.3) is 11.2 Å². The van der Waals surface area contributed by atoms with Crippen molar-refractivity contribution in [3.63, 3.8) is 0 Å². The Morgan fingerprint density at radius 3 is 2.17 bits per heavy atom. The molecule has 0 bridgehead atoms. The predicted octanol–water partition coefficient (Wildman–Crippen LogP) is 4.09. The van der Waals surface area contributed by atoms with Crippen LogP contribution in [0.1, 0.15) is 6.92 Å². The topological polar surface area (TPSA) is 158 Å². The fourth-order valence-electron chi connectivity index (χ4n) is 3.22. The van der Waals surface area contributed by atoms with E-state index in [4.69, 9.17) is 13.8 Å². The third-order valence-electron chi connectivity index (χ3n) is 4.81. The normalized spacial score (nSPS) is 15.5. The Morgan fingerprint density at radius 2 is 1.53 bits per heavy atom. The second-order valence-electron chi connectivity index (χ2n) is 7.82. The van der Waals surface area contributed by atoms with Gasteiger partial charge in [0.2, 0.25) is 0 Å². The molecule has 0 aliphatic carbocycles. The number of rotatable bonds is 12. The standard InChI is InChI=1S/C22H25N5O7P2/c1-17(32-16-36(30,31)34-19-10-6-3-7-11-19)12-27-14-25-20-21(23-13-24-22(20)27)26-15-35(28,29)33-18-8-4-2-5-9-18/h2-11,13-14,17H,12,15-16H2,1H3,(H,28,29)(H,30,31)(H,23,24,26)/t17-/m1/s1. The average molecular weight is 533 g/mol. The molecule has 0 aliphatic heterocycles. The van der Waals surface area contributed by atoms with Crippen LogP contribution >= 0.6 is 15.2 Å². The van der Waals surface area contributed by atoms with Crippen molar-refractivity contribution in [2.24, 2.45) is 0 Å². The van der Waals surface area contributed by atoms with Gasteiger partial charge in [-0.25, -0.2) is 24.1 Å². The molecule has 2 heterocycles. The van der Waals surface area contributed by atoms with Crippen molar-refractivity contribution in [1.29, 1.82) is 0 Å². The number of anilines is 1. The Kier molecular flexibility index (Phi) is 8.03. The number of nitrogens with zero attached hydrogens (tertiary/aromatic N) is 4. The van der Waals surface area contributed by atoms with Crippen LogP contribution in [-0.4, -0.2) is 48.0 Å². The first-order valence-electron chi connectivity index (χ1n) is 10.8. The second-order valence-corrected chi connectivity index (χ2v) is 11.3. The smallest absolute Gasteiger partial charge is 0.402 e. The van der Waals surface area contributed by atoms with Gasteiger partial charge in [0.15, 0.2) is 17.8 Å². The molecule has 36 heavy (non-hydrogen) atoms. The summed E-state index contributed by atoms with van der Waals surface area (Å²) in [5.41, 5.74) is 0.831. The number of fused-ring (bicyclic) bond motifs is 1. The van der Waals surface area contributed by atoms with Crippen LogP contribution in [0.2, 0.25) is 0 Å². The molecular formula is C22H25N5O7P2. The number of aromatic nitrogens is 4. The van der Waals surface area contributed by atoms with Crippen molar-refractivity contribution in [2.45, 2.75) is 19.6 Å². The van der Waals surface area contributed by atoms with Gasteiger partial charge in [-0.2, -0.15) is 0 Å². The summed E-state index contributed by atoms with van der Waals surface area (Å²) in [7, 11) is -8.02. The van der Waals surface area contributed by atoms with E-state index in [9.17, 15) is 18.9 Å². The molecule has 4 aromatic rings. The van der Waals surface area contributed by atoms with Crippen molar-refractivity contribution in [3.8, 4) is 11.5 Å². The van der Waals surface area contributed by atoms with E-state index in [0.29, 0.717) is 11.2 Å². The summed E-state index contributed by atoms with van der Waals surface area (Å²) >= 11 is 0. The zero-order valence-electron chi connectivity index (χ0n) is 19.2. The minimum absolute atomic E-state index is 0.259. The SMILES string of the molecule is C[C@H](Cn1cnc2c(NCP(=O)(O)Oc3ccccc3)ncnc21)OCP(=O)(O)Oc1ccccc1. The molecule has 0 amide bonds. The predicted molar refractivity (Wildman–Crippen MR) is 133 cm³/mol. The van der Waals surface area contributed by atoms with E-state index in [1.54, 1.807) is 72.2 Å². The molecule has 14 heteroatoms. The number of ether oxygens (including phenoxy) is 1. The number of benzene rings is 2. The molecule has 2 aromatic carbocycles. The van der Waals surface area contributed by atoms with Gasteiger partial charge in [-0.15, -0.1) is 0 Å². The molecule has 4 rings (SSSR count). The van der Waals surface area contributed by atoms with Crippen LogP contribution in [0.3, 0.4) is 0 Å². The maximum atomic E-state index is 12.4. The van der Waals surface area contributed by atoms with Gasteiger partial charge in [-0.3, -0.25) is 0 Å². The quantitative estimate of drug-likeness (QED) is 0.225. The maximum Gasteiger partial charge on any atom is 0.402 e. The van der Waals surface area contributed by atoms with E-state index in [1.807, 2.05) is 0 Å². The zero-order chi connectivity index (χ0) is 25.6. The highest BCUT2D eigenvalue weighted by atomic mass is 31.2.